The lowest BCUT2D eigenvalue weighted by molar-refractivity contribution is -0.137. The smallest absolute Gasteiger partial charge is 0.416 e. The molecule has 0 saturated carbocycles. The van der Waals surface area contributed by atoms with Crippen molar-refractivity contribution in [2.75, 3.05) is 6.79 Å². The van der Waals surface area contributed by atoms with E-state index in [4.69, 9.17) is 13.9 Å². The molecule has 130 valence electrons. The van der Waals surface area contributed by atoms with E-state index in [0.717, 1.165) is 17.5 Å². The quantitative estimate of drug-likeness (QED) is 0.333. The average Bonchev–Trinajstić information content (AvgIpc) is 3.06. The zero-order valence-electron chi connectivity index (χ0n) is 13.0. The Morgan fingerprint density at radius 2 is 1.62 bits per heavy atom. The van der Waals surface area contributed by atoms with E-state index in [2.05, 4.69) is 0 Å². The van der Waals surface area contributed by atoms with Crippen molar-refractivity contribution in [2.24, 2.45) is 0 Å². The third-order valence-electron chi connectivity index (χ3n) is 4.47. The van der Waals surface area contributed by atoms with Gasteiger partial charge in [0.2, 0.25) is 12.2 Å². The number of alkyl halides is 3. The molecule has 3 aromatic carbocycles. The lowest BCUT2D eigenvalue weighted by atomic mass is 10.0. The minimum absolute atomic E-state index is 0.0978. The Labute approximate surface area is 143 Å². The van der Waals surface area contributed by atoms with Crippen molar-refractivity contribution in [3.8, 4) is 11.5 Å². The highest BCUT2D eigenvalue weighted by molar-refractivity contribution is 6.07. The van der Waals surface area contributed by atoms with Crippen molar-refractivity contribution in [3.63, 3.8) is 0 Å². The van der Waals surface area contributed by atoms with E-state index >= 15 is 0 Å². The predicted molar refractivity (Wildman–Crippen MR) is 88.6 cm³/mol. The summed E-state index contributed by atoms with van der Waals surface area (Å²) in [4.78, 5) is 12.8. The van der Waals surface area contributed by atoms with E-state index in [0.29, 0.717) is 22.5 Å². The fourth-order valence-electron chi connectivity index (χ4n) is 3.20. The van der Waals surface area contributed by atoms with Gasteiger partial charge in [0.1, 0.15) is 11.2 Å². The van der Waals surface area contributed by atoms with Crippen LogP contribution in [-0.2, 0) is 6.18 Å². The highest BCUT2D eigenvalue weighted by atomic mass is 19.4. The van der Waals surface area contributed by atoms with Gasteiger partial charge in [-0.1, -0.05) is 6.07 Å². The molecular weight excluding hydrogens is 349 g/mol. The maximum absolute atomic E-state index is 12.9. The van der Waals surface area contributed by atoms with Crippen LogP contribution in [0, 0.1) is 0 Å². The van der Waals surface area contributed by atoms with E-state index in [9.17, 15) is 18.0 Å². The first kappa shape index (κ1) is 15.1. The van der Waals surface area contributed by atoms with Gasteiger partial charge in [0.15, 0.2) is 11.5 Å². The average molecular weight is 358 g/mol. The zero-order valence-corrected chi connectivity index (χ0v) is 13.0. The molecule has 0 spiro atoms. The monoisotopic (exact) mass is 358 g/mol. The lowest BCUT2D eigenvalue weighted by Gasteiger charge is -2.09. The largest absolute Gasteiger partial charge is 0.455 e. The molecule has 1 aliphatic rings. The SMILES string of the molecule is O=c1c2cc(C(F)(F)F)ccc2oc2c1ccc1cc3c(cc12)OCO3. The maximum atomic E-state index is 12.9. The van der Waals surface area contributed by atoms with E-state index in [-0.39, 0.29) is 23.1 Å². The highest BCUT2D eigenvalue weighted by Gasteiger charge is 2.31. The standard InChI is InChI=1S/C19H9F3O4/c20-19(21,22)10-2-4-14-13(6-10)17(23)11-3-1-9-5-15-16(25-8-24-15)7-12(9)18(11)26-14/h1-7H,8H2. The summed E-state index contributed by atoms with van der Waals surface area (Å²) in [5.41, 5.74) is -0.994. The Balaban J connectivity index is 1.88. The summed E-state index contributed by atoms with van der Waals surface area (Å²) >= 11 is 0. The van der Waals surface area contributed by atoms with Gasteiger partial charge in [0.25, 0.3) is 0 Å². The van der Waals surface area contributed by atoms with Crippen molar-refractivity contribution in [3.05, 3.63) is 58.3 Å². The minimum Gasteiger partial charge on any atom is -0.455 e. The highest BCUT2D eigenvalue weighted by Crippen LogP contribution is 2.39. The van der Waals surface area contributed by atoms with Crippen LogP contribution in [-0.4, -0.2) is 6.79 Å². The number of hydrogen-bond acceptors (Lipinski definition) is 4. The number of benzene rings is 3. The summed E-state index contributed by atoms with van der Waals surface area (Å²) < 4.78 is 55.3. The molecule has 5 rings (SSSR count). The predicted octanol–water partition coefficient (Wildman–Crippen LogP) is 4.85. The van der Waals surface area contributed by atoms with Crippen molar-refractivity contribution >= 4 is 32.7 Å². The Morgan fingerprint density at radius 1 is 0.846 bits per heavy atom. The first-order valence-corrected chi connectivity index (χ1v) is 7.72. The van der Waals surface area contributed by atoms with Crippen LogP contribution in [0.3, 0.4) is 0 Å². The van der Waals surface area contributed by atoms with E-state index in [1.165, 1.54) is 6.07 Å². The van der Waals surface area contributed by atoms with Crippen LogP contribution in [0.5, 0.6) is 11.5 Å². The Bertz CT molecular complexity index is 1270. The number of hydrogen-bond donors (Lipinski definition) is 0. The summed E-state index contributed by atoms with van der Waals surface area (Å²) in [6, 6.07) is 9.63. The molecule has 1 aliphatic heterocycles. The van der Waals surface area contributed by atoms with Crippen LogP contribution in [0.4, 0.5) is 13.2 Å². The Kier molecular flexibility index (Phi) is 2.84. The van der Waals surface area contributed by atoms with E-state index in [1.54, 1.807) is 24.3 Å². The summed E-state index contributed by atoms with van der Waals surface area (Å²) in [6.07, 6.45) is -4.53. The molecule has 0 radical (unpaired) electrons. The van der Waals surface area contributed by atoms with Gasteiger partial charge in [-0.3, -0.25) is 4.79 Å². The van der Waals surface area contributed by atoms with Crippen molar-refractivity contribution in [1.82, 2.24) is 0 Å². The lowest BCUT2D eigenvalue weighted by Crippen LogP contribution is -2.08. The van der Waals surface area contributed by atoms with Crippen LogP contribution in [0.1, 0.15) is 5.56 Å². The van der Waals surface area contributed by atoms with Crippen LogP contribution in [0.15, 0.2) is 51.7 Å². The molecule has 0 fully saturated rings. The fraction of sp³-hybridized carbons (Fsp3) is 0.105. The summed E-state index contributed by atoms with van der Waals surface area (Å²) in [5.74, 6) is 1.12. The first-order valence-electron chi connectivity index (χ1n) is 7.72. The molecule has 0 N–H and O–H groups in total. The second kappa shape index (κ2) is 4.91. The molecule has 26 heavy (non-hydrogen) atoms. The number of rotatable bonds is 0. The molecule has 0 unspecified atom stereocenters. The third-order valence-corrected chi connectivity index (χ3v) is 4.47. The number of halogens is 3. The second-order valence-corrected chi connectivity index (χ2v) is 6.01. The van der Waals surface area contributed by atoms with Gasteiger partial charge in [0.05, 0.1) is 16.3 Å². The number of ether oxygens (including phenoxy) is 2. The number of fused-ring (bicyclic) bond motifs is 5. The maximum Gasteiger partial charge on any atom is 0.416 e. The van der Waals surface area contributed by atoms with Gasteiger partial charge in [-0.25, -0.2) is 0 Å². The molecule has 0 atom stereocenters. The van der Waals surface area contributed by atoms with Crippen LogP contribution in [0.25, 0.3) is 32.7 Å². The molecule has 0 aliphatic carbocycles. The summed E-state index contributed by atoms with van der Waals surface area (Å²) in [5, 5.41) is 1.51. The van der Waals surface area contributed by atoms with Crippen molar-refractivity contribution in [2.45, 2.75) is 6.18 Å². The van der Waals surface area contributed by atoms with Gasteiger partial charge < -0.3 is 13.9 Å². The molecule has 0 amide bonds. The first-order chi connectivity index (χ1) is 12.4. The topological polar surface area (TPSA) is 48.7 Å². The molecule has 0 bridgehead atoms. The molecule has 7 heteroatoms. The van der Waals surface area contributed by atoms with Crippen molar-refractivity contribution < 1.29 is 27.1 Å². The molecule has 4 aromatic rings. The van der Waals surface area contributed by atoms with E-state index < -0.39 is 17.2 Å². The van der Waals surface area contributed by atoms with Gasteiger partial charge in [-0.2, -0.15) is 13.2 Å². The molecule has 2 heterocycles. The molecule has 0 saturated heterocycles. The molecule has 4 nitrogen and oxygen atoms in total. The van der Waals surface area contributed by atoms with E-state index in [1.807, 2.05) is 0 Å². The minimum atomic E-state index is -4.53. The van der Waals surface area contributed by atoms with Gasteiger partial charge >= 0.3 is 6.18 Å². The van der Waals surface area contributed by atoms with Gasteiger partial charge in [0, 0.05) is 5.39 Å². The third kappa shape index (κ3) is 2.06. The van der Waals surface area contributed by atoms with Crippen LogP contribution in [0.2, 0.25) is 0 Å². The normalized spacial score (nSPS) is 13.8. The van der Waals surface area contributed by atoms with Crippen molar-refractivity contribution in [1.29, 1.82) is 0 Å². The van der Waals surface area contributed by atoms with Gasteiger partial charge in [-0.05, 0) is 41.8 Å². The Hall–Kier alpha value is -3.22. The fourth-order valence-corrected chi connectivity index (χ4v) is 3.20. The molecular formula is C19H9F3O4. The molecule has 1 aromatic heterocycles. The van der Waals surface area contributed by atoms with Gasteiger partial charge in [-0.15, -0.1) is 0 Å². The summed E-state index contributed by atoms with van der Waals surface area (Å²) in [7, 11) is 0. The summed E-state index contributed by atoms with van der Waals surface area (Å²) in [6.45, 7) is 0.108. The Morgan fingerprint density at radius 3 is 2.38 bits per heavy atom. The van der Waals surface area contributed by atoms with Crippen LogP contribution >= 0.6 is 0 Å². The van der Waals surface area contributed by atoms with Crippen LogP contribution < -0.4 is 14.9 Å². The second-order valence-electron chi connectivity index (χ2n) is 6.01. The zero-order chi connectivity index (χ0) is 18.1.